The number of halogens is 3. The predicted molar refractivity (Wildman–Crippen MR) is 526 cm³/mol. The first kappa shape index (κ1) is 109. The molecule has 8 aromatic heterocycles. The van der Waals surface area contributed by atoms with E-state index in [1.54, 1.807) is 30.6 Å². The normalized spacial score (nSPS) is 11.0. The van der Waals surface area contributed by atoms with Crippen molar-refractivity contribution in [1.29, 1.82) is 0 Å². The van der Waals surface area contributed by atoms with Gasteiger partial charge < -0.3 is 32.5 Å². The van der Waals surface area contributed by atoms with E-state index in [1.165, 1.54) is 95.1 Å². The summed E-state index contributed by atoms with van der Waals surface area (Å²) in [5.74, 6) is 4.52. The molecule has 0 amide bonds. The van der Waals surface area contributed by atoms with Gasteiger partial charge in [-0.1, -0.05) is 214 Å². The van der Waals surface area contributed by atoms with E-state index < -0.39 is 11.7 Å². The van der Waals surface area contributed by atoms with Crippen LogP contribution >= 0.6 is 0 Å². The van der Waals surface area contributed by atoms with E-state index >= 15 is 0 Å². The minimum absolute atomic E-state index is 0. The molecule has 20 heteroatoms. The second-order valence-electron chi connectivity index (χ2n) is 34.9. The number of imidazole rings is 4. The molecule has 8 heterocycles. The average molecular weight is 2870 g/mol. The first-order chi connectivity index (χ1) is 62.8. The van der Waals surface area contributed by atoms with Crippen LogP contribution < -0.4 is 0 Å². The third-order valence-electron chi connectivity index (χ3n) is 22.9. The van der Waals surface area contributed by atoms with Gasteiger partial charge in [0.1, 0.15) is 5.58 Å². The first-order valence-electron chi connectivity index (χ1n) is 44.2. The third-order valence-corrected chi connectivity index (χ3v) is 22.9. The topological polar surface area (TPSA) is 110 Å². The second-order valence-corrected chi connectivity index (χ2v) is 34.9. The summed E-state index contributed by atoms with van der Waals surface area (Å²) in [6, 6.07) is 109. The fraction of sp³-hybridized carbons (Fsp3) is 0.190. The summed E-state index contributed by atoms with van der Waals surface area (Å²) in [6.45, 7) is 33.4. The summed E-state index contributed by atoms with van der Waals surface area (Å²) in [4.78, 5) is 26.9. The maximum Gasteiger partial charge on any atom is 0.381 e. The van der Waals surface area contributed by atoms with Crippen molar-refractivity contribution in [2.75, 3.05) is 0 Å². The molecule has 0 saturated heterocycles. The molecular weight excluding hydrogens is 2760 g/mol. The molecule has 0 aliphatic heterocycles. The Morgan fingerprint density at radius 1 is 0.360 bits per heavy atom. The molecule has 0 fully saturated rings. The summed E-state index contributed by atoms with van der Waals surface area (Å²) in [6.07, 6.45) is 13.8. The van der Waals surface area contributed by atoms with Crippen molar-refractivity contribution in [3.05, 3.63) is 421 Å². The van der Waals surface area contributed by atoms with Crippen molar-refractivity contribution in [3.63, 3.8) is 0 Å². The standard InChI is InChI=1S/C28H27N2.C27H25N2O.C21H23N2.C17H15N2.C12H7F3N.C11H8N.5Ir.Pt/c1-18-9-8-10-19(2)26(18)25-17-29-27-22-12-7-6-11-21(22)23-15-20(16-28(3,4)5)13-14-24(23)30(25)27;1-17(2)20-9-7-10-21(18(3)4)26(20)29-15-14-28-27(29)19-12-13-25-23(16-19)22-8-5-6-11-24(22)30-25;1-15(2)18-11-8-12-19(16(3)4)20(18)23-14-13-22-21(23)17-9-6-5-7-10-17;1-13-7-6-8-14(2)16(13)19-12-11-18-17(19)15-9-4-3-5-10-15;13-12(14,15)10-6-4-9(5-7-10)11-3-1-2-8-16-11;1-2-6-10(7-3-1)11-8-4-5-9-12-11;;;;;;/h6-11,13-15,17H,16H2,1-5H3;5-11,13-18H,1-4H3;5-9,11-16H,1-4H3;3-9,11-12H,1-2H3;1-4,6-8H;1-6,8-9H;;;;;;/q6*-1;;;;;;. The Balaban J connectivity index is 0.000000186. The summed E-state index contributed by atoms with van der Waals surface area (Å²) >= 11 is 0. The number of rotatable bonds is 14. The molecule has 0 aliphatic rings. The molecule has 5 radical (unpaired) electrons. The number of nitrogens with zero attached hydrogens (tertiary/aromatic N) is 10. The van der Waals surface area contributed by atoms with E-state index in [1.807, 2.05) is 146 Å². The van der Waals surface area contributed by atoms with Gasteiger partial charge in [0.25, 0.3) is 0 Å². The summed E-state index contributed by atoms with van der Waals surface area (Å²) in [5, 5.41) is 5.77. The molecule has 0 atom stereocenters. The van der Waals surface area contributed by atoms with E-state index in [0.29, 0.717) is 34.9 Å². The fourth-order valence-corrected chi connectivity index (χ4v) is 16.8. The molecule has 20 rings (SSSR count). The molecule has 0 spiro atoms. The van der Waals surface area contributed by atoms with Crippen LogP contribution in [0.5, 0.6) is 0 Å². The second kappa shape index (κ2) is 49.5. The van der Waals surface area contributed by atoms with Gasteiger partial charge in [-0.3, -0.25) is 19.9 Å². The van der Waals surface area contributed by atoms with E-state index in [9.17, 15) is 13.2 Å². The molecule has 136 heavy (non-hydrogen) atoms. The van der Waals surface area contributed by atoms with E-state index in [2.05, 4.69) is 312 Å². The molecule has 0 N–H and O–H groups in total. The Kier molecular flexibility index (Phi) is 39.7. The van der Waals surface area contributed by atoms with Crippen LogP contribution in [0.2, 0.25) is 0 Å². The monoisotopic (exact) mass is 2870 g/mol. The number of fused-ring (bicyclic) bond motifs is 9. The van der Waals surface area contributed by atoms with Gasteiger partial charge in [-0.25, -0.2) is 0 Å². The number of para-hydroxylation sites is 4. The maximum absolute atomic E-state index is 12.3. The van der Waals surface area contributed by atoms with Crippen LogP contribution in [0.3, 0.4) is 0 Å². The molecule has 0 unspecified atom stereocenters. The Bertz CT molecular complexity index is 7110. The van der Waals surface area contributed by atoms with Crippen LogP contribution in [0.1, 0.15) is 155 Å². The van der Waals surface area contributed by atoms with Crippen molar-refractivity contribution >= 4 is 49.3 Å². The quantitative estimate of drug-likeness (QED) is 0.0788. The molecule has 0 aliphatic carbocycles. The molecule has 12 aromatic carbocycles. The van der Waals surface area contributed by atoms with Crippen LogP contribution in [0.4, 0.5) is 13.2 Å². The van der Waals surface area contributed by atoms with Gasteiger partial charge in [-0.15, -0.1) is 191 Å². The zero-order valence-corrected chi connectivity index (χ0v) is 92.4. The van der Waals surface area contributed by atoms with Crippen LogP contribution in [0.25, 0.3) is 134 Å². The molecular formula is C116H105F3Ir5N10OPt-6. The number of hydrogen-bond donors (Lipinski definition) is 0. The predicted octanol–water partition coefficient (Wildman–Crippen LogP) is 30.4. The number of pyridine rings is 3. The zero-order valence-electron chi connectivity index (χ0n) is 78.2. The van der Waals surface area contributed by atoms with E-state index in [4.69, 9.17) is 14.4 Å². The first-order valence-corrected chi connectivity index (χ1v) is 44.2. The summed E-state index contributed by atoms with van der Waals surface area (Å²) in [5.41, 5.74) is 27.5. The third kappa shape index (κ3) is 25.4. The van der Waals surface area contributed by atoms with Gasteiger partial charge in [-0.2, -0.15) is 13.2 Å². The van der Waals surface area contributed by atoms with Crippen molar-refractivity contribution in [1.82, 2.24) is 48.0 Å². The molecule has 0 saturated carbocycles. The number of hydrogen-bond acceptors (Lipinski definition) is 7. The molecule has 20 aromatic rings. The molecule has 707 valence electrons. The smallest absolute Gasteiger partial charge is 0.381 e. The fourth-order valence-electron chi connectivity index (χ4n) is 16.8. The van der Waals surface area contributed by atoms with Gasteiger partial charge in [-0.05, 0) is 160 Å². The molecule has 11 nitrogen and oxygen atoms in total. The number of benzene rings is 12. The van der Waals surface area contributed by atoms with Crippen molar-refractivity contribution in [2.24, 2.45) is 5.41 Å². The Hall–Kier alpha value is -10.7. The minimum atomic E-state index is -4.32. The van der Waals surface area contributed by atoms with Crippen molar-refractivity contribution in [2.45, 2.75) is 140 Å². The van der Waals surface area contributed by atoms with E-state index in [-0.39, 0.29) is 127 Å². The van der Waals surface area contributed by atoms with Crippen LogP contribution in [-0.2, 0) is 134 Å². The van der Waals surface area contributed by atoms with Crippen molar-refractivity contribution < 1.29 is 139 Å². The zero-order chi connectivity index (χ0) is 91.3. The number of aromatic nitrogens is 10. The van der Waals surface area contributed by atoms with Crippen LogP contribution in [0.15, 0.2) is 333 Å². The largest absolute Gasteiger partial charge is 0.500 e. The Morgan fingerprint density at radius 3 is 1.26 bits per heavy atom. The van der Waals surface area contributed by atoms with Crippen LogP contribution in [0, 0.1) is 69.5 Å². The van der Waals surface area contributed by atoms with E-state index in [0.717, 1.165) is 103 Å². The van der Waals surface area contributed by atoms with Gasteiger partial charge >= 0.3 is 6.18 Å². The van der Waals surface area contributed by atoms with Gasteiger partial charge in [0, 0.05) is 211 Å². The van der Waals surface area contributed by atoms with Crippen molar-refractivity contribution in [3.8, 4) is 85.0 Å². The number of aryl methyl sites for hydroxylation is 4. The number of alkyl halides is 3. The Labute approximate surface area is 879 Å². The average Bonchev–Trinajstić information content (AvgIpc) is 1.52. The number of furan rings is 1. The van der Waals surface area contributed by atoms with Gasteiger partial charge in [0.15, 0.2) is 0 Å². The van der Waals surface area contributed by atoms with Gasteiger partial charge in [0.2, 0.25) is 0 Å². The van der Waals surface area contributed by atoms with Gasteiger partial charge in [0.05, 0.1) is 34.4 Å². The Morgan fingerprint density at radius 2 is 0.801 bits per heavy atom. The van der Waals surface area contributed by atoms with Crippen LogP contribution in [-0.4, -0.2) is 48.0 Å². The maximum atomic E-state index is 12.3. The molecule has 0 bridgehead atoms. The minimum Gasteiger partial charge on any atom is -0.500 e. The summed E-state index contributed by atoms with van der Waals surface area (Å²) in [7, 11) is 0. The summed E-state index contributed by atoms with van der Waals surface area (Å²) < 4.78 is 51.7. The SMILES string of the molecule is CC(C)c1cccc(C(C)C)c1-n1ccnc1-c1[c-]cc2oc3ccccc3c2c1.CC(C)c1cccc(C(C)C)c1-n1ccnc1-c1[c-]cccc1.Cc1cccc(C)c1-c1cnc2c3[c-]cccc3c3cc(CC(C)(C)C)ccc3n12.Cc1cccc(C)c1-n1ccnc1-c1[c-]cccc1.FC(F)(F)c1c[c-]c(-c2ccccn2)cc1.[Ir].[Ir].[Ir].[Ir].[Ir].[Pt].[c-]1ccccc1-c1ccccn1.